The molecule has 0 fully saturated rings. The van der Waals surface area contributed by atoms with Gasteiger partial charge in [-0.3, -0.25) is 4.98 Å². The number of hydrogen-bond acceptors (Lipinski definition) is 3. The van der Waals surface area contributed by atoms with Gasteiger partial charge in [-0.05, 0) is 36.8 Å². The number of pyridine rings is 1. The lowest BCUT2D eigenvalue weighted by Crippen LogP contribution is -2.30. The van der Waals surface area contributed by atoms with Gasteiger partial charge in [-0.2, -0.15) is 0 Å². The summed E-state index contributed by atoms with van der Waals surface area (Å²) in [6, 6.07) is 13.5. The van der Waals surface area contributed by atoms with Crippen LogP contribution in [0.1, 0.15) is 18.2 Å². The summed E-state index contributed by atoms with van der Waals surface area (Å²) in [7, 11) is 1.65. The van der Waals surface area contributed by atoms with Crippen LogP contribution in [0.15, 0.2) is 48.7 Å². The van der Waals surface area contributed by atoms with Crippen molar-refractivity contribution in [3.05, 3.63) is 59.9 Å². The van der Waals surface area contributed by atoms with Crippen molar-refractivity contribution < 1.29 is 9.84 Å². The van der Waals surface area contributed by atoms with E-state index in [-0.39, 0.29) is 0 Å². The highest BCUT2D eigenvalue weighted by Gasteiger charge is 2.22. The Labute approximate surface area is 113 Å². The quantitative estimate of drug-likeness (QED) is 0.895. The number of benzene rings is 1. The van der Waals surface area contributed by atoms with Crippen LogP contribution >= 0.6 is 0 Å². The van der Waals surface area contributed by atoms with Gasteiger partial charge in [0.1, 0.15) is 5.75 Å². The molecule has 0 aliphatic heterocycles. The molecule has 0 amide bonds. The highest BCUT2D eigenvalue weighted by atomic mass is 16.5. The Hall–Kier alpha value is -1.87. The molecule has 0 radical (unpaired) electrons. The van der Waals surface area contributed by atoms with Crippen LogP contribution in [0.2, 0.25) is 0 Å². The van der Waals surface area contributed by atoms with E-state index in [4.69, 9.17) is 4.74 Å². The zero-order chi connectivity index (χ0) is 13.7. The molecule has 1 atom stereocenters. The number of rotatable bonds is 5. The average Bonchev–Trinajstić information content (AvgIpc) is 2.39. The molecule has 3 heteroatoms. The van der Waals surface area contributed by atoms with Crippen LogP contribution in [0.3, 0.4) is 0 Å². The van der Waals surface area contributed by atoms with Crippen molar-refractivity contribution >= 4 is 0 Å². The molecule has 1 unspecified atom stereocenters. The van der Waals surface area contributed by atoms with Crippen LogP contribution in [0.4, 0.5) is 0 Å². The van der Waals surface area contributed by atoms with E-state index in [9.17, 15) is 5.11 Å². The Morgan fingerprint density at radius 1 is 1.11 bits per heavy atom. The Morgan fingerprint density at radius 2 is 1.84 bits per heavy atom. The first kappa shape index (κ1) is 13.6. The second-order valence-electron chi connectivity index (χ2n) is 5.02. The third kappa shape index (κ3) is 4.07. The predicted molar refractivity (Wildman–Crippen MR) is 75.3 cm³/mol. The smallest absolute Gasteiger partial charge is 0.118 e. The number of ether oxygens (including phenoxy) is 1. The van der Waals surface area contributed by atoms with Crippen molar-refractivity contribution in [2.45, 2.75) is 25.4 Å². The molecule has 0 bridgehead atoms. The second-order valence-corrected chi connectivity index (χ2v) is 5.02. The summed E-state index contributed by atoms with van der Waals surface area (Å²) < 4.78 is 5.12. The molecule has 3 nitrogen and oxygen atoms in total. The van der Waals surface area contributed by atoms with Crippen molar-refractivity contribution in [3.63, 3.8) is 0 Å². The molecule has 2 aromatic rings. The fourth-order valence-corrected chi connectivity index (χ4v) is 2.14. The molecule has 0 aliphatic carbocycles. The van der Waals surface area contributed by atoms with Crippen molar-refractivity contribution in [2.24, 2.45) is 0 Å². The van der Waals surface area contributed by atoms with Crippen molar-refractivity contribution in [2.75, 3.05) is 7.11 Å². The molecule has 1 aromatic carbocycles. The fraction of sp³-hybridized carbons (Fsp3) is 0.312. The number of methoxy groups -OCH3 is 1. The highest BCUT2D eigenvalue weighted by Crippen LogP contribution is 2.19. The summed E-state index contributed by atoms with van der Waals surface area (Å²) in [6.45, 7) is 1.84. The third-order valence-corrected chi connectivity index (χ3v) is 3.03. The van der Waals surface area contributed by atoms with Gasteiger partial charge in [0.05, 0.1) is 12.7 Å². The fourth-order valence-electron chi connectivity index (χ4n) is 2.14. The zero-order valence-corrected chi connectivity index (χ0v) is 11.3. The van der Waals surface area contributed by atoms with Gasteiger partial charge in [-0.15, -0.1) is 0 Å². The maximum atomic E-state index is 10.5. The third-order valence-electron chi connectivity index (χ3n) is 3.03. The molecule has 1 aromatic heterocycles. The molecular formula is C16H19NO2. The monoisotopic (exact) mass is 257 g/mol. The number of hydrogen-bond donors (Lipinski definition) is 1. The summed E-state index contributed by atoms with van der Waals surface area (Å²) in [6.07, 6.45) is 2.88. The van der Waals surface area contributed by atoms with E-state index in [2.05, 4.69) is 4.98 Å². The van der Waals surface area contributed by atoms with Crippen LogP contribution in [0.25, 0.3) is 0 Å². The van der Waals surface area contributed by atoms with E-state index in [0.29, 0.717) is 12.8 Å². The Morgan fingerprint density at radius 3 is 2.42 bits per heavy atom. The molecule has 1 heterocycles. The molecule has 0 saturated heterocycles. The van der Waals surface area contributed by atoms with Crippen LogP contribution in [0.5, 0.6) is 5.75 Å². The van der Waals surface area contributed by atoms with Gasteiger partial charge in [0.25, 0.3) is 0 Å². The normalized spacial score (nSPS) is 13.8. The van der Waals surface area contributed by atoms with Gasteiger partial charge < -0.3 is 9.84 Å². The van der Waals surface area contributed by atoms with E-state index < -0.39 is 5.60 Å². The van der Waals surface area contributed by atoms with Gasteiger partial charge in [0.15, 0.2) is 0 Å². The second kappa shape index (κ2) is 5.85. The maximum Gasteiger partial charge on any atom is 0.118 e. The Kier molecular flexibility index (Phi) is 4.17. The molecule has 19 heavy (non-hydrogen) atoms. The molecule has 0 spiro atoms. The van der Waals surface area contributed by atoms with E-state index in [0.717, 1.165) is 17.0 Å². The number of aromatic nitrogens is 1. The van der Waals surface area contributed by atoms with Crippen molar-refractivity contribution in [1.29, 1.82) is 0 Å². The average molecular weight is 257 g/mol. The summed E-state index contributed by atoms with van der Waals surface area (Å²) in [5, 5.41) is 10.5. The van der Waals surface area contributed by atoms with Crippen LogP contribution in [-0.4, -0.2) is 22.8 Å². The number of nitrogens with zero attached hydrogens (tertiary/aromatic N) is 1. The summed E-state index contributed by atoms with van der Waals surface area (Å²) in [5.41, 5.74) is 1.19. The van der Waals surface area contributed by atoms with Crippen LogP contribution in [0, 0.1) is 0 Å². The van der Waals surface area contributed by atoms with Crippen LogP contribution in [-0.2, 0) is 12.8 Å². The summed E-state index contributed by atoms with van der Waals surface area (Å²) in [4.78, 5) is 4.25. The van der Waals surface area contributed by atoms with E-state index >= 15 is 0 Å². The predicted octanol–water partition coefficient (Wildman–Crippen LogP) is 2.63. The van der Waals surface area contributed by atoms with E-state index in [1.54, 1.807) is 13.3 Å². The molecule has 100 valence electrons. The lowest BCUT2D eigenvalue weighted by Gasteiger charge is -2.23. The SMILES string of the molecule is COc1ccc(CC(C)(O)Cc2ccccn2)cc1. The van der Waals surface area contributed by atoms with Gasteiger partial charge >= 0.3 is 0 Å². The number of aliphatic hydroxyl groups is 1. The van der Waals surface area contributed by atoms with Crippen LogP contribution < -0.4 is 4.74 Å². The first-order valence-corrected chi connectivity index (χ1v) is 6.34. The maximum absolute atomic E-state index is 10.5. The molecular weight excluding hydrogens is 238 g/mol. The Bertz CT molecular complexity index is 506. The largest absolute Gasteiger partial charge is 0.497 e. The minimum Gasteiger partial charge on any atom is -0.497 e. The van der Waals surface area contributed by atoms with Gasteiger partial charge in [-0.1, -0.05) is 18.2 Å². The van der Waals surface area contributed by atoms with E-state index in [1.807, 2.05) is 49.4 Å². The summed E-state index contributed by atoms with van der Waals surface area (Å²) >= 11 is 0. The topological polar surface area (TPSA) is 42.4 Å². The highest BCUT2D eigenvalue weighted by molar-refractivity contribution is 5.28. The lowest BCUT2D eigenvalue weighted by atomic mass is 9.91. The standard InChI is InChI=1S/C16H19NO2/c1-16(18,12-14-5-3-4-10-17-14)11-13-6-8-15(19-2)9-7-13/h3-10,18H,11-12H2,1-2H3. The molecule has 2 rings (SSSR count). The Balaban J connectivity index is 2.03. The zero-order valence-electron chi connectivity index (χ0n) is 11.3. The summed E-state index contributed by atoms with van der Waals surface area (Å²) in [5.74, 6) is 0.827. The lowest BCUT2D eigenvalue weighted by molar-refractivity contribution is 0.0598. The van der Waals surface area contributed by atoms with Gasteiger partial charge in [0.2, 0.25) is 0 Å². The van der Waals surface area contributed by atoms with Gasteiger partial charge in [-0.25, -0.2) is 0 Å². The van der Waals surface area contributed by atoms with Crippen molar-refractivity contribution in [3.8, 4) is 5.75 Å². The first-order chi connectivity index (χ1) is 9.09. The molecule has 0 saturated carbocycles. The minimum absolute atomic E-state index is 0.542. The molecule has 1 N–H and O–H groups in total. The van der Waals surface area contributed by atoms with Gasteiger partial charge in [0, 0.05) is 24.7 Å². The minimum atomic E-state index is -0.803. The first-order valence-electron chi connectivity index (χ1n) is 6.34. The molecule has 0 aliphatic rings. The van der Waals surface area contributed by atoms with Crippen molar-refractivity contribution in [1.82, 2.24) is 4.98 Å². The van der Waals surface area contributed by atoms with E-state index in [1.165, 1.54) is 0 Å².